The number of carbonyl (C=O) groups is 2. The van der Waals surface area contributed by atoms with Crippen molar-refractivity contribution in [3.8, 4) is 6.07 Å². The summed E-state index contributed by atoms with van der Waals surface area (Å²) in [6, 6.07) is 7.35. The van der Waals surface area contributed by atoms with Crippen molar-refractivity contribution in [3.05, 3.63) is 29.3 Å². The molecule has 0 spiro atoms. The average molecular weight is 329 g/mol. The maximum atomic E-state index is 12.4. The van der Waals surface area contributed by atoms with Crippen molar-refractivity contribution >= 4 is 17.6 Å². The van der Waals surface area contributed by atoms with Gasteiger partial charge in [-0.05, 0) is 31.4 Å². The number of benzene rings is 1. The van der Waals surface area contributed by atoms with Crippen LogP contribution in [0.2, 0.25) is 0 Å². The van der Waals surface area contributed by atoms with E-state index >= 15 is 0 Å². The summed E-state index contributed by atoms with van der Waals surface area (Å²) in [7, 11) is 1.60. The summed E-state index contributed by atoms with van der Waals surface area (Å²) in [5.41, 5.74) is 6.46. The fourth-order valence-electron chi connectivity index (χ4n) is 3.06. The topological polar surface area (TPSA) is 96.4 Å². The number of hydrogen-bond acceptors (Lipinski definition) is 5. The van der Waals surface area contributed by atoms with Crippen LogP contribution in [0, 0.1) is 18.3 Å². The summed E-state index contributed by atoms with van der Waals surface area (Å²) in [6.45, 7) is 1.40. The van der Waals surface area contributed by atoms with Crippen LogP contribution in [0.5, 0.6) is 0 Å². The summed E-state index contributed by atoms with van der Waals surface area (Å²) in [5.74, 6) is -1.01. The Morgan fingerprint density at radius 1 is 1.33 bits per heavy atom. The van der Waals surface area contributed by atoms with Crippen molar-refractivity contribution in [1.29, 1.82) is 5.26 Å². The van der Waals surface area contributed by atoms with Crippen molar-refractivity contribution in [2.45, 2.75) is 44.6 Å². The number of nitrogens with zero attached hydrogens (tertiary/aromatic N) is 2. The summed E-state index contributed by atoms with van der Waals surface area (Å²) < 4.78 is 5.11. The highest BCUT2D eigenvalue weighted by Gasteiger charge is 2.39. The van der Waals surface area contributed by atoms with Crippen molar-refractivity contribution in [3.63, 3.8) is 0 Å². The molecule has 1 saturated carbocycles. The van der Waals surface area contributed by atoms with Crippen molar-refractivity contribution in [2.24, 2.45) is 0 Å². The molecule has 0 aromatic heterocycles. The molecule has 2 N–H and O–H groups in total. The van der Waals surface area contributed by atoms with E-state index in [-0.39, 0.29) is 11.5 Å². The first-order valence-corrected chi connectivity index (χ1v) is 8.11. The van der Waals surface area contributed by atoms with Crippen LogP contribution in [0.15, 0.2) is 18.2 Å². The number of rotatable bonds is 4. The molecule has 0 aliphatic heterocycles. The number of likely N-dealkylation sites (N-methyl/N-ethyl adjacent to an activating group) is 1. The molecule has 2 rings (SSSR count). The molecular weight excluding hydrogens is 306 g/mol. The minimum absolute atomic E-state index is 0.248. The van der Waals surface area contributed by atoms with Crippen LogP contribution in [0.1, 0.15) is 48.0 Å². The number of nitrogen functional groups attached to an aromatic ring is 1. The van der Waals surface area contributed by atoms with Crippen molar-refractivity contribution in [1.82, 2.24) is 4.90 Å². The Labute approximate surface area is 142 Å². The van der Waals surface area contributed by atoms with Gasteiger partial charge in [-0.3, -0.25) is 4.79 Å². The number of ether oxygens (including phenoxy) is 1. The molecule has 1 aromatic rings. The van der Waals surface area contributed by atoms with E-state index < -0.39 is 18.1 Å². The van der Waals surface area contributed by atoms with E-state index in [2.05, 4.69) is 6.07 Å². The minimum atomic E-state index is -0.788. The van der Waals surface area contributed by atoms with E-state index in [1.807, 2.05) is 0 Å². The Balaban J connectivity index is 2.01. The Hall–Kier alpha value is -2.55. The van der Waals surface area contributed by atoms with E-state index in [4.69, 9.17) is 10.5 Å². The first-order valence-electron chi connectivity index (χ1n) is 8.11. The minimum Gasteiger partial charge on any atom is -0.452 e. The van der Waals surface area contributed by atoms with Gasteiger partial charge in [-0.1, -0.05) is 31.4 Å². The molecule has 1 fully saturated rings. The molecule has 1 aliphatic rings. The third-order valence-electron chi connectivity index (χ3n) is 4.78. The van der Waals surface area contributed by atoms with Crippen LogP contribution < -0.4 is 5.73 Å². The lowest BCUT2D eigenvalue weighted by Gasteiger charge is -2.38. The zero-order valence-corrected chi connectivity index (χ0v) is 14.2. The maximum Gasteiger partial charge on any atom is 0.340 e. The lowest BCUT2D eigenvalue weighted by Crippen LogP contribution is -2.51. The van der Waals surface area contributed by atoms with Crippen LogP contribution in [0.4, 0.5) is 5.69 Å². The van der Waals surface area contributed by atoms with Gasteiger partial charge in [0.15, 0.2) is 6.61 Å². The fraction of sp³-hybridized carbons (Fsp3) is 0.500. The zero-order valence-electron chi connectivity index (χ0n) is 14.2. The van der Waals surface area contributed by atoms with Crippen molar-refractivity contribution in [2.75, 3.05) is 19.4 Å². The molecular formula is C18H23N3O3. The zero-order chi connectivity index (χ0) is 17.7. The predicted octanol–water partition coefficient (Wildman–Crippen LogP) is 2.42. The average Bonchev–Trinajstić information content (AvgIpc) is 2.61. The number of anilines is 1. The number of para-hydroxylation sites is 1. The van der Waals surface area contributed by atoms with Crippen LogP contribution in [0.3, 0.4) is 0 Å². The van der Waals surface area contributed by atoms with Crippen LogP contribution in [-0.2, 0) is 9.53 Å². The number of nitriles is 1. The smallest absolute Gasteiger partial charge is 0.340 e. The molecule has 6 heteroatoms. The van der Waals surface area contributed by atoms with Crippen molar-refractivity contribution < 1.29 is 14.3 Å². The van der Waals surface area contributed by atoms with Gasteiger partial charge in [0.25, 0.3) is 5.91 Å². The first-order chi connectivity index (χ1) is 11.4. The second-order valence-corrected chi connectivity index (χ2v) is 6.27. The van der Waals surface area contributed by atoms with Crippen LogP contribution >= 0.6 is 0 Å². The van der Waals surface area contributed by atoms with E-state index in [1.54, 1.807) is 32.2 Å². The quantitative estimate of drug-likeness (QED) is 0.676. The highest BCUT2D eigenvalue weighted by molar-refractivity contribution is 5.96. The highest BCUT2D eigenvalue weighted by atomic mass is 16.5. The SMILES string of the molecule is Cc1cccc(C(=O)OCC(=O)N(C)C2(C#N)CCCCC2)c1N. The lowest BCUT2D eigenvalue weighted by atomic mass is 9.81. The van der Waals surface area contributed by atoms with Gasteiger partial charge in [-0.15, -0.1) is 0 Å². The summed E-state index contributed by atoms with van der Waals surface area (Å²) >= 11 is 0. The second-order valence-electron chi connectivity index (χ2n) is 6.27. The number of hydrogen-bond donors (Lipinski definition) is 1. The molecule has 0 atom stereocenters. The van der Waals surface area contributed by atoms with E-state index in [9.17, 15) is 14.9 Å². The van der Waals surface area contributed by atoms with Gasteiger partial charge in [0, 0.05) is 12.7 Å². The highest BCUT2D eigenvalue weighted by Crippen LogP contribution is 2.32. The van der Waals surface area contributed by atoms with Gasteiger partial charge in [-0.25, -0.2) is 4.79 Å². The number of nitrogens with two attached hydrogens (primary N) is 1. The van der Waals surface area contributed by atoms with E-state index in [1.165, 1.54) is 4.90 Å². The molecule has 0 heterocycles. The third-order valence-corrected chi connectivity index (χ3v) is 4.78. The number of aryl methyl sites for hydroxylation is 1. The van der Waals surface area contributed by atoms with E-state index in [0.29, 0.717) is 18.5 Å². The van der Waals surface area contributed by atoms with E-state index in [0.717, 1.165) is 24.8 Å². The molecule has 0 radical (unpaired) electrons. The Morgan fingerprint density at radius 2 is 2.00 bits per heavy atom. The van der Waals surface area contributed by atoms with Crippen LogP contribution in [0.25, 0.3) is 0 Å². The standard InChI is InChI=1S/C18H23N3O3/c1-13-7-6-8-14(16(13)20)17(23)24-11-15(22)21(2)18(12-19)9-4-3-5-10-18/h6-8H,3-5,9-11,20H2,1-2H3. The molecule has 6 nitrogen and oxygen atoms in total. The number of esters is 1. The first kappa shape index (κ1) is 17.8. The van der Waals surface area contributed by atoms with Gasteiger partial charge in [0.05, 0.1) is 11.6 Å². The predicted molar refractivity (Wildman–Crippen MR) is 90.1 cm³/mol. The summed E-state index contributed by atoms with van der Waals surface area (Å²) in [6.07, 6.45) is 4.23. The van der Waals surface area contributed by atoms with Gasteiger partial charge in [0.1, 0.15) is 5.54 Å². The summed E-state index contributed by atoms with van der Waals surface area (Å²) in [5, 5.41) is 9.52. The van der Waals surface area contributed by atoms with Gasteiger partial charge in [-0.2, -0.15) is 5.26 Å². The Kier molecular flexibility index (Phi) is 5.45. The van der Waals surface area contributed by atoms with Gasteiger partial charge < -0.3 is 15.4 Å². The molecule has 0 bridgehead atoms. The largest absolute Gasteiger partial charge is 0.452 e. The molecule has 1 aromatic carbocycles. The number of amides is 1. The van der Waals surface area contributed by atoms with Crippen LogP contribution in [-0.4, -0.2) is 36.0 Å². The van der Waals surface area contributed by atoms with Gasteiger partial charge >= 0.3 is 5.97 Å². The molecule has 1 aliphatic carbocycles. The maximum absolute atomic E-state index is 12.4. The number of carbonyl (C=O) groups excluding carboxylic acids is 2. The lowest BCUT2D eigenvalue weighted by molar-refractivity contribution is -0.138. The summed E-state index contributed by atoms with van der Waals surface area (Å²) in [4.78, 5) is 25.9. The Morgan fingerprint density at radius 3 is 2.62 bits per heavy atom. The fourth-order valence-corrected chi connectivity index (χ4v) is 3.06. The molecule has 0 saturated heterocycles. The van der Waals surface area contributed by atoms with Gasteiger partial charge in [0.2, 0.25) is 0 Å². The normalized spacial score (nSPS) is 16.0. The molecule has 1 amide bonds. The second kappa shape index (κ2) is 7.35. The molecule has 0 unspecified atom stereocenters. The Bertz CT molecular complexity index is 673. The molecule has 128 valence electrons. The molecule has 24 heavy (non-hydrogen) atoms. The monoisotopic (exact) mass is 329 g/mol. The third kappa shape index (κ3) is 3.51.